The maximum Gasteiger partial charge on any atom is 0.263 e. The molecule has 1 N–H and O–H groups in total. The van der Waals surface area contributed by atoms with Crippen molar-refractivity contribution in [3.8, 4) is 0 Å². The molecule has 0 bridgehead atoms. The topological polar surface area (TPSA) is 51.1 Å². The van der Waals surface area contributed by atoms with Crippen LogP contribution in [0.5, 0.6) is 0 Å². The number of benzene rings is 1. The summed E-state index contributed by atoms with van der Waals surface area (Å²) in [6.07, 6.45) is 0. The van der Waals surface area contributed by atoms with Crippen LogP contribution in [0.25, 0.3) is 0 Å². The number of carbonyl (C=O) groups excluding carboxylic acids is 1. The first-order valence-electron chi connectivity index (χ1n) is 8.15. The van der Waals surface area contributed by atoms with E-state index >= 15 is 0 Å². The van der Waals surface area contributed by atoms with Crippen molar-refractivity contribution in [2.45, 2.75) is 33.1 Å². The number of thioether (sulfide) groups is 1. The van der Waals surface area contributed by atoms with Gasteiger partial charge in [0.15, 0.2) is 0 Å². The van der Waals surface area contributed by atoms with Gasteiger partial charge < -0.3 is 9.88 Å². The third-order valence-electron chi connectivity index (χ3n) is 3.89. The molecule has 0 saturated heterocycles. The van der Waals surface area contributed by atoms with E-state index in [0.717, 1.165) is 22.8 Å². The second-order valence-corrected chi connectivity index (χ2v) is 6.79. The quantitative estimate of drug-likeness (QED) is 0.785. The molecule has 0 aliphatic heterocycles. The van der Waals surface area contributed by atoms with Crippen LogP contribution >= 0.6 is 11.8 Å². The number of nitrogens with one attached hydrogen (secondary N) is 1. The molecule has 24 heavy (non-hydrogen) atoms. The zero-order valence-corrected chi connectivity index (χ0v) is 15.3. The number of hydrogen-bond acceptors (Lipinski definition) is 3. The lowest BCUT2D eigenvalue weighted by atomic mass is 10.1. The lowest BCUT2D eigenvalue weighted by molar-refractivity contribution is 0.0953. The van der Waals surface area contributed by atoms with Crippen LogP contribution in [0.1, 0.15) is 34.1 Å². The Hall–Kier alpha value is -2.01. The van der Waals surface area contributed by atoms with Crippen LogP contribution in [0.2, 0.25) is 0 Å². The maximum atomic E-state index is 12.5. The molecule has 4 nitrogen and oxygen atoms in total. The van der Waals surface area contributed by atoms with Gasteiger partial charge in [-0.15, -0.1) is 0 Å². The number of hydrogen-bond donors (Lipinski definition) is 1. The molecule has 1 aromatic carbocycles. The van der Waals surface area contributed by atoms with Crippen LogP contribution in [0, 0.1) is 13.8 Å². The molecule has 128 valence electrons. The summed E-state index contributed by atoms with van der Waals surface area (Å²) in [5.74, 6) is 1.45. The van der Waals surface area contributed by atoms with Crippen molar-refractivity contribution in [2.24, 2.45) is 0 Å². The van der Waals surface area contributed by atoms with E-state index in [2.05, 4.69) is 17.4 Å². The molecule has 0 saturated carbocycles. The molecule has 0 aliphatic rings. The predicted octanol–water partition coefficient (Wildman–Crippen LogP) is 3.15. The summed E-state index contributed by atoms with van der Waals surface area (Å²) in [5.41, 5.74) is 2.94. The highest BCUT2D eigenvalue weighted by Gasteiger charge is 2.16. The Bertz CT molecular complexity index is 754. The Labute approximate surface area is 147 Å². The number of aryl methyl sites for hydroxylation is 2. The smallest absolute Gasteiger partial charge is 0.263 e. The van der Waals surface area contributed by atoms with E-state index in [1.54, 1.807) is 16.3 Å². The first-order chi connectivity index (χ1) is 11.5. The average Bonchev–Trinajstić information content (AvgIpc) is 2.55. The maximum absolute atomic E-state index is 12.5. The lowest BCUT2D eigenvalue weighted by Gasteiger charge is -2.13. The van der Waals surface area contributed by atoms with Crippen LogP contribution in [0.3, 0.4) is 0 Å². The molecule has 2 aromatic rings. The lowest BCUT2D eigenvalue weighted by Crippen LogP contribution is -2.35. The molecule has 5 heteroatoms. The zero-order chi connectivity index (χ0) is 17.5. The number of nitrogens with zero attached hydrogens (tertiary/aromatic N) is 1. The Balaban J connectivity index is 1.90. The minimum atomic E-state index is -0.278. The second kappa shape index (κ2) is 8.73. The summed E-state index contributed by atoms with van der Waals surface area (Å²) >= 11 is 1.76. The van der Waals surface area contributed by atoms with Gasteiger partial charge in [0.05, 0.1) is 0 Å². The molecule has 2 rings (SSSR count). The van der Waals surface area contributed by atoms with Gasteiger partial charge in [0.2, 0.25) is 0 Å². The third-order valence-corrected chi connectivity index (χ3v) is 4.92. The number of aromatic nitrogens is 1. The summed E-state index contributed by atoms with van der Waals surface area (Å²) in [6.45, 7) is 6.73. The molecule has 0 unspecified atom stereocenters. The number of carbonyl (C=O) groups is 1. The molecule has 0 fully saturated rings. The van der Waals surface area contributed by atoms with E-state index in [-0.39, 0.29) is 17.0 Å². The minimum Gasteiger partial charge on any atom is -0.351 e. The van der Waals surface area contributed by atoms with Gasteiger partial charge in [-0.1, -0.05) is 30.3 Å². The van der Waals surface area contributed by atoms with E-state index in [1.807, 2.05) is 45.0 Å². The fourth-order valence-electron chi connectivity index (χ4n) is 2.69. The highest BCUT2D eigenvalue weighted by atomic mass is 32.2. The average molecular weight is 344 g/mol. The van der Waals surface area contributed by atoms with Crippen molar-refractivity contribution in [3.63, 3.8) is 0 Å². The number of pyridine rings is 1. The molecule has 1 heterocycles. The number of rotatable bonds is 7. The standard InChI is InChI=1S/C19H24N2O2S/c1-4-21-15(3)12-14(2)17(19(21)23)18(22)20-10-11-24-13-16-8-6-5-7-9-16/h5-9,12H,4,10-11,13H2,1-3H3,(H,20,22). The van der Waals surface area contributed by atoms with Crippen molar-refractivity contribution in [1.82, 2.24) is 9.88 Å². The molecule has 0 radical (unpaired) electrons. The minimum absolute atomic E-state index is 0.204. The first-order valence-corrected chi connectivity index (χ1v) is 9.31. The molecular weight excluding hydrogens is 320 g/mol. The van der Waals surface area contributed by atoms with Crippen LogP contribution in [0.15, 0.2) is 41.2 Å². The van der Waals surface area contributed by atoms with Crippen molar-refractivity contribution in [2.75, 3.05) is 12.3 Å². The molecule has 0 spiro atoms. The van der Waals surface area contributed by atoms with E-state index < -0.39 is 0 Å². The summed E-state index contributed by atoms with van der Waals surface area (Å²) in [4.78, 5) is 24.8. The molecular formula is C19H24N2O2S. The van der Waals surface area contributed by atoms with Crippen molar-refractivity contribution in [3.05, 3.63) is 69.1 Å². The monoisotopic (exact) mass is 344 g/mol. The van der Waals surface area contributed by atoms with E-state index in [4.69, 9.17) is 0 Å². The van der Waals surface area contributed by atoms with Crippen molar-refractivity contribution < 1.29 is 4.79 Å². The number of amides is 1. The molecule has 1 amide bonds. The Morgan fingerprint density at radius 2 is 1.92 bits per heavy atom. The van der Waals surface area contributed by atoms with E-state index in [9.17, 15) is 9.59 Å². The van der Waals surface area contributed by atoms with Gasteiger partial charge in [-0.3, -0.25) is 9.59 Å². The van der Waals surface area contributed by atoms with Gasteiger partial charge in [0.25, 0.3) is 11.5 Å². The van der Waals surface area contributed by atoms with Crippen LogP contribution in [0.4, 0.5) is 0 Å². The van der Waals surface area contributed by atoms with Gasteiger partial charge in [-0.2, -0.15) is 11.8 Å². The summed E-state index contributed by atoms with van der Waals surface area (Å²) in [6, 6.07) is 12.1. The normalized spacial score (nSPS) is 10.6. The van der Waals surface area contributed by atoms with E-state index in [0.29, 0.717) is 13.1 Å². The zero-order valence-electron chi connectivity index (χ0n) is 14.5. The summed E-state index contributed by atoms with van der Waals surface area (Å²) in [5, 5.41) is 2.86. The van der Waals surface area contributed by atoms with Crippen LogP contribution in [-0.4, -0.2) is 22.8 Å². The van der Waals surface area contributed by atoms with Crippen molar-refractivity contribution in [1.29, 1.82) is 0 Å². The fraction of sp³-hybridized carbons (Fsp3) is 0.368. The largest absolute Gasteiger partial charge is 0.351 e. The highest BCUT2D eigenvalue weighted by Crippen LogP contribution is 2.11. The first kappa shape index (κ1) is 18.3. The molecule has 0 aliphatic carbocycles. The molecule has 0 atom stereocenters. The Morgan fingerprint density at radius 1 is 1.21 bits per heavy atom. The van der Waals surface area contributed by atoms with Gasteiger partial charge in [-0.25, -0.2) is 0 Å². The Kier molecular flexibility index (Phi) is 6.67. The van der Waals surface area contributed by atoms with Crippen LogP contribution < -0.4 is 10.9 Å². The Morgan fingerprint density at radius 3 is 2.58 bits per heavy atom. The molecule has 1 aromatic heterocycles. The van der Waals surface area contributed by atoms with Crippen molar-refractivity contribution >= 4 is 17.7 Å². The second-order valence-electron chi connectivity index (χ2n) is 5.69. The van der Waals surface area contributed by atoms with E-state index in [1.165, 1.54) is 5.56 Å². The van der Waals surface area contributed by atoms with Gasteiger partial charge in [0.1, 0.15) is 5.56 Å². The fourth-order valence-corrected chi connectivity index (χ4v) is 3.50. The van der Waals surface area contributed by atoms with Gasteiger partial charge in [-0.05, 0) is 38.0 Å². The SMILES string of the molecule is CCn1c(C)cc(C)c(C(=O)NCCSCc2ccccc2)c1=O. The summed E-state index contributed by atoms with van der Waals surface area (Å²) in [7, 11) is 0. The van der Waals surface area contributed by atoms with Gasteiger partial charge in [0, 0.05) is 30.3 Å². The van der Waals surface area contributed by atoms with Gasteiger partial charge >= 0.3 is 0 Å². The van der Waals surface area contributed by atoms with Crippen LogP contribution in [-0.2, 0) is 12.3 Å². The predicted molar refractivity (Wildman–Crippen MR) is 101 cm³/mol. The third kappa shape index (κ3) is 4.51. The highest BCUT2D eigenvalue weighted by molar-refractivity contribution is 7.98. The summed E-state index contributed by atoms with van der Waals surface area (Å²) < 4.78 is 1.63.